The lowest BCUT2D eigenvalue weighted by atomic mass is 10.0. The Morgan fingerprint density at radius 2 is 2.13 bits per heavy atom. The third-order valence-electron chi connectivity index (χ3n) is 3.73. The molecule has 0 atom stereocenters. The van der Waals surface area contributed by atoms with Gasteiger partial charge >= 0.3 is 0 Å². The molecule has 23 heavy (non-hydrogen) atoms. The molecule has 0 unspecified atom stereocenters. The van der Waals surface area contributed by atoms with Gasteiger partial charge < -0.3 is 5.32 Å². The minimum Gasteiger partial charge on any atom is -0.352 e. The molecule has 0 aliphatic rings. The Bertz CT molecular complexity index is 843. The number of aryl methyl sites for hydroxylation is 1. The number of aromatic nitrogens is 3. The van der Waals surface area contributed by atoms with E-state index in [9.17, 15) is 4.79 Å². The highest BCUT2D eigenvalue weighted by Gasteiger charge is 2.10. The molecule has 0 saturated carbocycles. The van der Waals surface area contributed by atoms with Gasteiger partial charge in [-0.15, -0.1) is 0 Å². The Balaban J connectivity index is 1.68. The molecule has 1 amide bonds. The quantitative estimate of drug-likeness (QED) is 0.721. The maximum Gasteiger partial charge on any atom is 0.251 e. The highest BCUT2D eigenvalue weighted by Crippen LogP contribution is 2.19. The molecular formula is C17H17BrN4O. The van der Waals surface area contributed by atoms with E-state index in [1.165, 1.54) is 0 Å². The van der Waals surface area contributed by atoms with Gasteiger partial charge in [-0.1, -0.05) is 6.92 Å². The number of hydrogen-bond acceptors (Lipinski definition) is 3. The van der Waals surface area contributed by atoms with Crippen LogP contribution < -0.4 is 5.32 Å². The lowest BCUT2D eigenvalue weighted by Crippen LogP contribution is -2.25. The number of pyridine rings is 1. The summed E-state index contributed by atoms with van der Waals surface area (Å²) in [6, 6.07) is 5.80. The van der Waals surface area contributed by atoms with Crippen LogP contribution in [0, 0.1) is 0 Å². The predicted molar refractivity (Wildman–Crippen MR) is 93.4 cm³/mol. The van der Waals surface area contributed by atoms with Gasteiger partial charge in [-0.3, -0.25) is 14.9 Å². The Morgan fingerprint density at radius 1 is 1.26 bits per heavy atom. The molecule has 6 heteroatoms. The van der Waals surface area contributed by atoms with Crippen molar-refractivity contribution in [1.29, 1.82) is 0 Å². The van der Waals surface area contributed by atoms with Crippen LogP contribution >= 0.6 is 15.9 Å². The van der Waals surface area contributed by atoms with Crippen LogP contribution in [-0.4, -0.2) is 27.6 Å². The Labute approximate surface area is 142 Å². The number of fused-ring (bicyclic) bond motifs is 1. The number of carbonyl (C=O) groups is 1. The van der Waals surface area contributed by atoms with Gasteiger partial charge in [-0.2, -0.15) is 5.10 Å². The minimum absolute atomic E-state index is 0.0641. The first-order valence-corrected chi connectivity index (χ1v) is 8.30. The number of nitrogens with zero attached hydrogens (tertiary/aromatic N) is 2. The van der Waals surface area contributed by atoms with Gasteiger partial charge in [-0.05, 0) is 58.1 Å². The van der Waals surface area contributed by atoms with Crippen molar-refractivity contribution >= 4 is 32.7 Å². The van der Waals surface area contributed by atoms with Crippen LogP contribution in [-0.2, 0) is 12.8 Å². The van der Waals surface area contributed by atoms with Gasteiger partial charge in [0.2, 0.25) is 0 Å². The van der Waals surface area contributed by atoms with Gasteiger partial charge in [0.15, 0.2) is 0 Å². The first kappa shape index (κ1) is 15.7. The fourth-order valence-corrected chi connectivity index (χ4v) is 2.97. The highest BCUT2D eigenvalue weighted by molar-refractivity contribution is 9.10. The highest BCUT2D eigenvalue weighted by atomic mass is 79.9. The summed E-state index contributed by atoms with van der Waals surface area (Å²) in [5, 5.41) is 11.0. The normalized spacial score (nSPS) is 10.9. The van der Waals surface area contributed by atoms with Crippen molar-refractivity contribution in [3.05, 3.63) is 58.0 Å². The first-order chi connectivity index (χ1) is 11.2. The number of halogens is 1. The molecule has 3 rings (SSSR count). The number of aromatic amines is 1. The molecule has 0 radical (unpaired) electrons. The molecule has 0 saturated heterocycles. The standard InChI is InChI=1S/C17H17BrN4O/c1-2-12-6-13(7-14-9-21-22-16(12)14)17(23)20-4-3-11-5-15(18)10-19-8-11/h5-10H,2-4H2,1H3,(H,20,23)(H,21,22). The summed E-state index contributed by atoms with van der Waals surface area (Å²) >= 11 is 3.40. The van der Waals surface area contributed by atoms with E-state index in [4.69, 9.17) is 0 Å². The van der Waals surface area contributed by atoms with Crippen LogP contribution in [0.4, 0.5) is 0 Å². The van der Waals surface area contributed by atoms with Crippen LogP contribution in [0.15, 0.2) is 41.3 Å². The molecule has 0 bridgehead atoms. The average Bonchev–Trinajstić information content (AvgIpc) is 3.02. The van der Waals surface area contributed by atoms with Gasteiger partial charge in [0.1, 0.15) is 0 Å². The molecule has 0 spiro atoms. The van der Waals surface area contributed by atoms with Gasteiger partial charge in [-0.25, -0.2) is 0 Å². The van der Waals surface area contributed by atoms with Crippen molar-refractivity contribution in [2.75, 3.05) is 6.54 Å². The summed E-state index contributed by atoms with van der Waals surface area (Å²) in [7, 11) is 0. The summed E-state index contributed by atoms with van der Waals surface area (Å²) in [6.07, 6.45) is 6.90. The second-order valence-corrected chi connectivity index (χ2v) is 6.26. The van der Waals surface area contributed by atoms with Crippen LogP contribution in [0.5, 0.6) is 0 Å². The second kappa shape index (κ2) is 6.91. The van der Waals surface area contributed by atoms with E-state index >= 15 is 0 Å². The molecule has 0 aliphatic heterocycles. The maximum atomic E-state index is 12.4. The van der Waals surface area contributed by atoms with Crippen LogP contribution in [0.1, 0.15) is 28.4 Å². The molecule has 3 aromatic rings. The van der Waals surface area contributed by atoms with Gasteiger partial charge in [0.25, 0.3) is 5.91 Å². The van der Waals surface area contributed by atoms with Crippen molar-refractivity contribution < 1.29 is 4.79 Å². The third kappa shape index (κ3) is 3.59. The molecule has 2 aromatic heterocycles. The van der Waals surface area contributed by atoms with Crippen LogP contribution in [0.3, 0.4) is 0 Å². The van der Waals surface area contributed by atoms with Crippen molar-refractivity contribution in [2.24, 2.45) is 0 Å². The first-order valence-electron chi connectivity index (χ1n) is 7.51. The summed E-state index contributed by atoms with van der Waals surface area (Å²) < 4.78 is 0.944. The number of benzene rings is 1. The SMILES string of the molecule is CCc1cc(C(=O)NCCc2cncc(Br)c2)cc2cn[nH]c12. The van der Waals surface area contributed by atoms with E-state index in [0.717, 1.165) is 39.3 Å². The molecule has 2 N–H and O–H groups in total. The topological polar surface area (TPSA) is 70.7 Å². The van der Waals surface area contributed by atoms with E-state index in [1.807, 2.05) is 24.4 Å². The second-order valence-electron chi connectivity index (χ2n) is 5.34. The van der Waals surface area contributed by atoms with E-state index in [2.05, 4.69) is 43.4 Å². The van der Waals surface area contributed by atoms with Crippen LogP contribution in [0.25, 0.3) is 10.9 Å². The summed E-state index contributed by atoms with van der Waals surface area (Å²) in [6.45, 7) is 2.64. The summed E-state index contributed by atoms with van der Waals surface area (Å²) in [4.78, 5) is 16.5. The molecule has 0 aliphatic carbocycles. The fraction of sp³-hybridized carbons (Fsp3) is 0.235. The minimum atomic E-state index is -0.0641. The monoisotopic (exact) mass is 372 g/mol. The Hall–Kier alpha value is -2.21. The largest absolute Gasteiger partial charge is 0.352 e. The van der Waals surface area contributed by atoms with Crippen molar-refractivity contribution in [3.8, 4) is 0 Å². The predicted octanol–water partition coefficient (Wildman–Crippen LogP) is 3.26. The Kier molecular flexibility index (Phi) is 4.71. The number of amides is 1. The molecular weight excluding hydrogens is 356 g/mol. The third-order valence-corrected chi connectivity index (χ3v) is 4.17. The smallest absolute Gasteiger partial charge is 0.251 e. The number of nitrogens with one attached hydrogen (secondary N) is 2. The van der Waals surface area contributed by atoms with E-state index < -0.39 is 0 Å². The average molecular weight is 373 g/mol. The zero-order chi connectivity index (χ0) is 16.2. The molecule has 0 fully saturated rings. The van der Waals surface area contributed by atoms with E-state index in [0.29, 0.717) is 12.1 Å². The molecule has 118 valence electrons. The number of carbonyl (C=O) groups excluding carboxylic acids is 1. The van der Waals surface area contributed by atoms with Gasteiger partial charge in [0, 0.05) is 34.4 Å². The Morgan fingerprint density at radius 3 is 2.91 bits per heavy atom. The van der Waals surface area contributed by atoms with E-state index in [-0.39, 0.29) is 5.91 Å². The lowest BCUT2D eigenvalue weighted by molar-refractivity contribution is 0.0954. The number of hydrogen-bond donors (Lipinski definition) is 2. The van der Waals surface area contributed by atoms with Gasteiger partial charge in [0.05, 0.1) is 11.7 Å². The van der Waals surface area contributed by atoms with Crippen molar-refractivity contribution in [1.82, 2.24) is 20.5 Å². The molecule has 1 aromatic carbocycles. The van der Waals surface area contributed by atoms with Crippen LogP contribution in [0.2, 0.25) is 0 Å². The van der Waals surface area contributed by atoms with E-state index in [1.54, 1.807) is 12.4 Å². The zero-order valence-electron chi connectivity index (χ0n) is 12.8. The van der Waals surface area contributed by atoms with Crippen molar-refractivity contribution in [3.63, 3.8) is 0 Å². The molecule has 2 heterocycles. The molecule has 5 nitrogen and oxygen atoms in total. The van der Waals surface area contributed by atoms with Crippen molar-refractivity contribution in [2.45, 2.75) is 19.8 Å². The maximum absolute atomic E-state index is 12.4. The summed E-state index contributed by atoms with van der Waals surface area (Å²) in [5.41, 5.74) is 3.85. The summed E-state index contributed by atoms with van der Waals surface area (Å²) in [5.74, 6) is -0.0641. The lowest BCUT2D eigenvalue weighted by Gasteiger charge is -2.08. The number of H-pyrrole nitrogens is 1. The number of rotatable bonds is 5. The zero-order valence-corrected chi connectivity index (χ0v) is 14.4. The fourth-order valence-electron chi connectivity index (χ4n) is 2.56.